The highest BCUT2D eigenvalue weighted by Gasteiger charge is 2.05. The Morgan fingerprint density at radius 3 is 2.85 bits per heavy atom. The standard InChI is InChI=1S/C10H16N2S/c1-10(2,3)12-6-4-5-9-7-11-8-13-9/h4-5,7-8,12H,6H2,1-3H3/b5-4+. The second kappa shape index (κ2) is 4.53. The Morgan fingerprint density at radius 2 is 2.31 bits per heavy atom. The van der Waals surface area contributed by atoms with E-state index in [9.17, 15) is 0 Å². The third-order valence-corrected chi connectivity index (χ3v) is 2.22. The van der Waals surface area contributed by atoms with E-state index in [1.165, 1.54) is 4.88 Å². The van der Waals surface area contributed by atoms with Crippen molar-refractivity contribution < 1.29 is 0 Å². The summed E-state index contributed by atoms with van der Waals surface area (Å²) in [5, 5.41) is 3.38. The molecule has 0 aliphatic carbocycles. The predicted octanol–water partition coefficient (Wildman–Crippen LogP) is 2.54. The van der Waals surface area contributed by atoms with Crippen LogP contribution in [-0.2, 0) is 0 Å². The Labute approximate surface area is 83.7 Å². The van der Waals surface area contributed by atoms with Gasteiger partial charge in [0, 0.05) is 23.2 Å². The third-order valence-electron chi connectivity index (χ3n) is 1.48. The molecule has 2 nitrogen and oxygen atoms in total. The summed E-state index contributed by atoms with van der Waals surface area (Å²) >= 11 is 1.66. The molecule has 0 spiro atoms. The molecule has 0 atom stereocenters. The summed E-state index contributed by atoms with van der Waals surface area (Å²) in [6.45, 7) is 7.38. The van der Waals surface area contributed by atoms with Crippen LogP contribution in [0.5, 0.6) is 0 Å². The number of hydrogen-bond donors (Lipinski definition) is 1. The largest absolute Gasteiger partial charge is 0.309 e. The van der Waals surface area contributed by atoms with E-state index in [0.717, 1.165) is 6.54 Å². The molecule has 0 bridgehead atoms. The fraction of sp³-hybridized carbons (Fsp3) is 0.500. The average molecular weight is 196 g/mol. The topological polar surface area (TPSA) is 24.9 Å². The highest BCUT2D eigenvalue weighted by Crippen LogP contribution is 2.07. The lowest BCUT2D eigenvalue weighted by molar-refractivity contribution is 0.450. The minimum atomic E-state index is 0.192. The van der Waals surface area contributed by atoms with Crippen molar-refractivity contribution in [3.05, 3.63) is 22.7 Å². The van der Waals surface area contributed by atoms with Crippen molar-refractivity contribution in [3.8, 4) is 0 Å². The van der Waals surface area contributed by atoms with E-state index in [4.69, 9.17) is 0 Å². The van der Waals surface area contributed by atoms with Gasteiger partial charge in [-0.3, -0.25) is 4.98 Å². The molecule has 0 saturated heterocycles. The molecule has 13 heavy (non-hydrogen) atoms. The molecule has 1 aromatic rings. The SMILES string of the molecule is CC(C)(C)NC/C=C/c1cncs1. The Kier molecular flexibility index (Phi) is 3.63. The van der Waals surface area contributed by atoms with E-state index in [1.807, 2.05) is 11.7 Å². The maximum atomic E-state index is 4.00. The second-order valence-corrected chi connectivity index (χ2v) is 4.85. The molecule has 3 heteroatoms. The van der Waals surface area contributed by atoms with Crippen LogP contribution in [0, 0.1) is 0 Å². The highest BCUT2D eigenvalue weighted by molar-refractivity contribution is 7.10. The van der Waals surface area contributed by atoms with Crippen LogP contribution in [0.4, 0.5) is 0 Å². The molecule has 0 unspecified atom stereocenters. The smallest absolute Gasteiger partial charge is 0.0797 e. The number of rotatable bonds is 3. The molecular formula is C10H16N2S. The van der Waals surface area contributed by atoms with Gasteiger partial charge in [0.2, 0.25) is 0 Å². The monoisotopic (exact) mass is 196 g/mol. The zero-order valence-electron chi connectivity index (χ0n) is 8.37. The maximum absolute atomic E-state index is 4.00. The molecule has 0 aliphatic heterocycles. The molecule has 1 rings (SSSR count). The molecule has 0 aliphatic rings. The molecule has 72 valence electrons. The van der Waals surface area contributed by atoms with Crippen molar-refractivity contribution in [2.24, 2.45) is 0 Å². The summed E-state index contributed by atoms with van der Waals surface area (Å²) in [6.07, 6.45) is 6.09. The Morgan fingerprint density at radius 1 is 1.54 bits per heavy atom. The number of thiazole rings is 1. The van der Waals surface area contributed by atoms with Crippen LogP contribution in [0.1, 0.15) is 25.6 Å². The fourth-order valence-corrected chi connectivity index (χ4v) is 1.39. The molecule has 0 aromatic carbocycles. The lowest BCUT2D eigenvalue weighted by Crippen LogP contribution is -2.35. The van der Waals surface area contributed by atoms with E-state index >= 15 is 0 Å². The van der Waals surface area contributed by atoms with E-state index in [1.54, 1.807) is 11.3 Å². The van der Waals surface area contributed by atoms with Crippen LogP contribution in [-0.4, -0.2) is 17.1 Å². The van der Waals surface area contributed by atoms with Crippen molar-refractivity contribution in [1.82, 2.24) is 10.3 Å². The van der Waals surface area contributed by atoms with E-state index < -0.39 is 0 Å². The van der Waals surface area contributed by atoms with Gasteiger partial charge < -0.3 is 5.32 Å². The Bertz CT molecular complexity index is 257. The van der Waals surface area contributed by atoms with Crippen LogP contribution >= 0.6 is 11.3 Å². The van der Waals surface area contributed by atoms with Crippen LogP contribution in [0.15, 0.2) is 17.8 Å². The summed E-state index contributed by atoms with van der Waals surface area (Å²) in [5.41, 5.74) is 2.04. The minimum absolute atomic E-state index is 0.192. The lowest BCUT2D eigenvalue weighted by Gasteiger charge is -2.18. The lowest BCUT2D eigenvalue weighted by atomic mass is 10.1. The van der Waals surface area contributed by atoms with Gasteiger partial charge in [0.1, 0.15) is 0 Å². The van der Waals surface area contributed by atoms with Gasteiger partial charge in [-0.2, -0.15) is 0 Å². The van der Waals surface area contributed by atoms with Gasteiger partial charge in [-0.15, -0.1) is 11.3 Å². The van der Waals surface area contributed by atoms with Crippen LogP contribution < -0.4 is 5.32 Å². The van der Waals surface area contributed by atoms with Crippen LogP contribution in [0.2, 0.25) is 0 Å². The first-order valence-electron chi connectivity index (χ1n) is 4.38. The first kappa shape index (κ1) is 10.4. The third kappa shape index (κ3) is 4.80. The molecule has 0 fully saturated rings. The highest BCUT2D eigenvalue weighted by atomic mass is 32.1. The fourth-order valence-electron chi connectivity index (χ4n) is 0.848. The number of nitrogens with one attached hydrogen (secondary N) is 1. The van der Waals surface area contributed by atoms with Gasteiger partial charge in [-0.05, 0) is 26.8 Å². The normalized spacial score (nSPS) is 12.5. The van der Waals surface area contributed by atoms with E-state index in [0.29, 0.717) is 0 Å². The average Bonchev–Trinajstić information content (AvgIpc) is 2.48. The van der Waals surface area contributed by atoms with E-state index in [-0.39, 0.29) is 5.54 Å². The van der Waals surface area contributed by atoms with Gasteiger partial charge in [0.15, 0.2) is 0 Å². The van der Waals surface area contributed by atoms with Gasteiger partial charge in [-0.25, -0.2) is 0 Å². The van der Waals surface area contributed by atoms with Crippen molar-refractivity contribution in [3.63, 3.8) is 0 Å². The van der Waals surface area contributed by atoms with Gasteiger partial charge in [0.25, 0.3) is 0 Å². The summed E-state index contributed by atoms with van der Waals surface area (Å²) in [5.74, 6) is 0. The van der Waals surface area contributed by atoms with Gasteiger partial charge >= 0.3 is 0 Å². The Hall–Kier alpha value is -0.670. The van der Waals surface area contributed by atoms with Crippen LogP contribution in [0.25, 0.3) is 6.08 Å². The molecule has 0 amide bonds. The summed E-state index contributed by atoms with van der Waals surface area (Å²) < 4.78 is 0. The maximum Gasteiger partial charge on any atom is 0.0797 e. The molecule has 1 heterocycles. The Balaban J connectivity index is 2.27. The minimum Gasteiger partial charge on any atom is -0.309 e. The van der Waals surface area contributed by atoms with Crippen molar-refractivity contribution in [1.29, 1.82) is 0 Å². The second-order valence-electron chi connectivity index (χ2n) is 3.94. The number of aromatic nitrogens is 1. The van der Waals surface area contributed by atoms with Crippen molar-refractivity contribution in [2.75, 3.05) is 6.54 Å². The number of nitrogens with zero attached hydrogens (tertiary/aromatic N) is 1. The predicted molar refractivity (Wildman–Crippen MR) is 58.9 cm³/mol. The quantitative estimate of drug-likeness (QED) is 0.803. The molecule has 0 radical (unpaired) electrons. The van der Waals surface area contributed by atoms with E-state index in [2.05, 4.69) is 43.2 Å². The summed E-state index contributed by atoms with van der Waals surface area (Å²) in [4.78, 5) is 5.20. The molecular weight excluding hydrogens is 180 g/mol. The van der Waals surface area contributed by atoms with Gasteiger partial charge in [-0.1, -0.05) is 6.08 Å². The van der Waals surface area contributed by atoms with Gasteiger partial charge in [0.05, 0.1) is 5.51 Å². The molecule has 1 aromatic heterocycles. The first-order valence-corrected chi connectivity index (χ1v) is 5.26. The molecule has 1 N–H and O–H groups in total. The van der Waals surface area contributed by atoms with Crippen molar-refractivity contribution >= 4 is 17.4 Å². The van der Waals surface area contributed by atoms with Crippen LogP contribution in [0.3, 0.4) is 0 Å². The summed E-state index contributed by atoms with van der Waals surface area (Å²) in [6, 6.07) is 0. The molecule has 0 saturated carbocycles. The first-order chi connectivity index (χ1) is 6.08. The zero-order valence-corrected chi connectivity index (χ0v) is 9.19. The van der Waals surface area contributed by atoms with Crippen molar-refractivity contribution in [2.45, 2.75) is 26.3 Å². The number of hydrogen-bond acceptors (Lipinski definition) is 3. The zero-order chi connectivity index (χ0) is 9.73. The summed E-state index contributed by atoms with van der Waals surface area (Å²) in [7, 11) is 0.